The number of nitrogens with zero attached hydrogens (tertiary/aromatic N) is 1. The molecule has 0 saturated heterocycles. The Kier molecular flexibility index (Phi) is 5.96. The Hall–Kier alpha value is -2.91. The van der Waals surface area contributed by atoms with Crippen LogP contribution in [0.25, 0.3) is 0 Å². The molecule has 4 N–H and O–H groups in total. The number of rotatable bonds is 5. The summed E-state index contributed by atoms with van der Waals surface area (Å²) < 4.78 is 6.66. The van der Waals surface area contributed by atoms with Crippen LogP contribution in [-0.2, 0) is 29.3 Å². The van der Waals surface area contributed by atoms with Gasteiger partial charge < -0.3 is 32.7 Å². The van der Waals surface area contributed by atoms with Gasteiger partial charge in [-0.1, -0.05) is 6.07 Å². The number of hydrogen-bond acceptors (Lipinski definition) is 5. The molecule has 26 heavy (non-hydrogen) atoms. The maximum atomic E-state index is 12.8. The molecule has 9 nitrogen and oxygen atoms in total. The van der Waals surface area contributed by atoms with E-state index in [4.69, 9.17) is 9.84 Å². The fraction of sp³-hybridized carbons (Fsp3) is 0.250. The number of halogens is 1. The minimum atomic E-state index is -1.25. The Morgan fingerprint density at radius 1 is 1.31 bits per heavy atom. The van der Waals surface area contributed by atoms with Crippen molar-refractivity contribution < 1.29 is 41.9 Å². The Morgan fingerprint density at radius 3 is 2.73 bits per heavy atom. The van der Waals surface area contributed by atoms with E-state index in [0.717, 1.165) is 5.69 Å². The second kappa shape index (κ2) is 7.98. The molecule has 138 valence electrons. The number of ether oxygens (including phenoxy) is 1. The molecular weight excluding hydrogens is 366 g/mol. The molecular formula is C16H16ClN3O6. The third-order valence-corrected chi connectivity index (χ3v) is 3.87. The Morgan fingerprint density at radius 2 is 2.08 bits per heavy atom. The number of carboxylic acid groups (broad SMARTS) is 1. The molecule has 0 aromatic carbocycles. The van der Waals surface area contributed by atoms with Gasteiger partial charge in [0.15, 0.2) is 11.9 Å². The van der Waals surface area contributed by atoms with Crippen molar-refractivity contribution in [2.45, 2.75) is 19.8 Å². The lowest BCUT2D eigenvalue weighted by Gasteiger charge is -2.14. The Bertz CT molecular complexity index is 897. The van der Waals surface area contributed by atoms with Crippen LogP contribution < -0.4 is 28.3 Å². The van der Waals surface area contributed by atoms with E-state index < -0.39 is 35.3 Å². The number of fused-ring (bicyclic) bond motifs is 1. The van der Waals surface area contributed by atoms with Crippen LogP contribution in [0.1, 0.15) is 27.3 Å². The van der Waals surface area contributed by atoms with Crippen molar-refractivity contribution in [3.05, 3.63) is 57.3 Å². The largest absolute Gasteiger partial charge is 1.00 e. The van der Waals surface area contributed by atoms with Gasteiger partial charge in [0.2, 0.25) is 0 Å². The fourth-order valence-electron chi connectivity index (χ4n) is 2.69. The average molecular weight is 382 g/mol. The maximum Gasteiger partial charge on any atom is 0.322 e. The van der Waals surface area contributed by atoms with E-state index in [2.05, 4.69) is 10.3 Å². The van der Waals surface area contributed by atoms with Crippen molar-refractivity contribution in [1.82, 2.24) is 9.88 Å². The minimum Gasteiger partial charge on any atom is -1.00 e. The third kappa shape index (κ3) is 3.68. The molecule has 0 saturated carbocycles. The summed E-state index contributed by atoms with van der Waals surface area (Å²) in [4.78, 5) is 38.6. The van der Waals surface area contributed by atoms with Crippen LogP contribution in [0.3, 0.4) is 0 Å². The van der Waals surface area contributed by atoms with Crippen LogP contribution in [0.15, 0.2) is 29.2 Å². The van der Waals surface area contributed by atoms with Gasteiger partial charge >= 0.3 is 5.97 Å². The molecule has 1 amide bonds. The summed E-state index contributed by atoms with van der Waals surface area (Å²) in [5, 5.41) is 21.1. The van der Waals surface area contributed by atoms with Crippen LogP contribution in [0.5, 0.6) is 5.75 Å². The van der Waals surface area contributed by atoms with Crippen molar-refractivity contribution in [3.63, 3.8) is 0 Å². The van der Waals surface area contributed by atoms with E-state index in [9.17, 15) is 19.5 Å². The maximum absolute atomic E-state index is 12.8. The van der Waals surface area contributed by atoms with Gasteiger partial charge in [0.25, 0.3) is 11.5 Å². The zero-order valence-electron chi connectivity index (χ0n) is 13.5. The van der Waals surface area contributed by atoms with Crippen LogP contribution in [0.2, 0.25) is 0 Å². The smallest absolute Gasteiger partial charge is 0.322 e. The van der Waals surface area contributed by atoms with Crippen molar-refractivity contribution in [3.8, 4) is 5.75 Å². The third-order valence-electron chi connectivity index (χ3n) is 3.87. The molecule has 0 aliphatic carbocycles. The molecule has 3 heterocycles. The van der Waals surface area contributed by atoms with Crippen LogP contribution in [-0.4, -0.2) is 33.2 Å². The van der Waals surface area contributed by atoms with E-state index >= 15 is 0 Å². The lowest BCUT2D eigenvalue weighted by atomic mass is 10.1. The summed E-state index contributed by atoms with van der Waals surface area (Å²) in [5.41, 5.74) is 0.384. The van der Waals surface area contributed by atoms with E-state index in [1.165, 1.54) is 4.57 Å². The predicted molar refractivity (Wildman–Crippen MR) is 82.9 cm³/mol. The Labute approximate surface area is 153 Å². The molecule has 0 fully saturated rings. The second-order valence-corrected chi connectivity index (χ2v) is 5.50. The molecule has 0 atom stereocenters. The first-order chi connectivity index (χ1) is 12.0. The quantitative estimate of drug-likeness (QED) is 0.488. The number of aliphatic carboxylic acids is 1. The lowest BCUT2D eigenvalue weighted by Crippen LogP contribution is -3.00. The topological polar surface area (TPSA) is 132 Å². The highest BCUT2D eigenvalue weighted by atomic mass is 35.5. The Balaban J connectivity index is 0.00000243. The van der Waals surface area contributed by atoms with E-state index in [1.807, 2.05) is 0 Å². The number of nitrogens with one attached hydrogen (secondary N) is 2. The molecule has 1 aliphatic heterocycles. The molecule has 3 rings (SSSR count). The molecule has 10 heteroatoms. The number of carbonyl (C=O) groups is 2. The van der Waals surface area contributed by atoms with Crippen LogP contribution >= 0.6 is 0 Å². The molecule has 0 unspecified atom stereocenters. The second-order valence-electron chi connectivity index (χ2n) is 5.50. The first kappa shape index (κ1) is 19.4. The van der Waals surface area contributed by atoms with Gasteiger partial charge in [-0.05, 0) is 0 Å². The zero-order valence-corrected chi connectivity index (χ0v) is 14.2. The number of carboxylic acids is 1. The van der Waals surface area contributed by atoms with Crippen LogP contribution in [0, 0.1) is 0 Å². The highest BCUT2D eigenvalue weighted by Gasteiger charge is 2.29. The number of pyridine rings is 2. The predicted octanol–water partition coefficient (Wildman–Crippen LogP) is -3.74. The monoisotopic (exact) mass is 381 g/mol. The van der Waals surface area contributed by atoms with Gasteiger partial charge in [-0.2, -0.15) is 0 Å². The molecule has 2 aromatic rings. The molecule has 0 bridgehead atoms. The first-order valence-corrected chi connectivity index (χ1v) is 7.50. The fourth-order valence-corrected chi connectivity index (χ4v) is 2.69. The van der Waals surface area contributed by atoms with Gasteiger partial charge in [0.05, 0.1) is 18.9 Å². The minimum absolute atomic E-state index is 0. The number of amides is 1. The SMILES string of the molecule is O=C(O)CNC(=O)c1c(O)c2c(n(Cc3cccc[nH+]3)c1=O)COC2.[Cl-]. The van der Waals surface area contributed by atoms with Crippen molar-refractivity contribution in [1.29, 1.82) is 0 Å². The van der Waals surface area contributed by atoms with Gasteiger partial charge in [-0.3, -0.25) is 19.0 Å². The van der Waals surface area contributed by atoms with Crippen molar-refractivity contribution >= 4 is 11.9 Å². The summed E-state index contributed by atoms with van der Waals surface area (Å²) >= 11 is 0. The highest BCUT2D eigenvalue weighted by Crippen LogP contribution is 2.29. The number of aromatic hydroxyl groups is 1. The van der Waals surface area contributed by atoms with Gasteiger partial charge in [-0.15, -0.1) is 0 Å². The molecule has 1 aliphatic rings. The van der Waals surface area contributed by atoms with Crippen molar-refractivity contribution in [2.75, 3.05) is 6.54 Å². The van der Waals surface area contributed by atoms with Gasteiger partial charge in [0, 0.05) is 17.7 Å². The summed E-state index contributed by atoms with van der Waals surface area (Å²) in [5.74, 6) is -2.66. The van der Waals surface area contributed by atoms with Gasteiger partial charge in [-0.25, -0.2) is 4.98 Å². The number of H-pyrrole nitrogens is 1. The average Bonchev–Trinajstić information content (AvgIpc) is 3.08. The van der Waals surface area contributed by atoms with Crippen molar-refractivity contribution in [2.24, 2.45) is 0 Å². The van der Waals surface area contributed by atoms with Crippen LogP contribution in [0.4, 0.5) is 0 Å². The summed E-state index contributed by atoms with van der Waals surface area (Å²) in [7, 11) is 0. The number of aromatic amines is 1. The van der Waals surface area contributed by atoms with E-state index in [-0.39, 0.29) is 32.2 Å². The molecule has 0 spiro atoms. The molecule has 2 aromatic heterocycles. The lowest BCUT2D eigenvalue weighted by molar-refractivity contribution is -0.390. The summed E-state index contributed by atoms with van der Waals surface area (Å²) in [6.07, 6.45) is 1.71. The first-order valence-electron chi connectivity index (χ1n) is 7.50. The number of hydrogen-bond donors (Lipinski definition) is 3. The van der Waals surface area contributed by atoms with Gasteiger partial charge in [0.1, 0.15) is 24.4 Å². The highest BCUT2D eigenvalue weighted by molar-refractivity contribution is 5.98. The summed E-state index contributed by atoms with van der Waals surface area (Å²) in [6, 6.07) is 5.38. The van der Waals surface area contributed by atoms with E-state index in [1.54, 1.807) is 24.4 Å². The summed E-state index contributed by atoms with van der Waals surface area (Å²) in [6.45, 7) is -0.288. The molecule has 0 radical (unpaired) electrons. The normalized spacial score (nSPS) is 12.2. The standard InChI is InChI=1S/C16H15N3O6.ClH/c20-12(21)5-18-15(23)13-14(22)10-7-25-8-11(10)19(16(13)24)6-9-3-1-2-4-17-9;/h1-4,22H,5-8H2,(H,18,23)(H,20,21);1H. The zero-order chi connectivity index (χ0) is 18.0. The number of aromatic nitrogens is 2. The number of carbonyl (C=O) groups excluding carboxylic acids is 1. The van der Waals surface area contributed by atoms with E-state index in [0.29, 0.717) is 11.3 Å².